The Morgan fingerprint density at radius 1 is 1.33 bits per heavy atom. The van der Waals surface area contributed by atoms with Crippen molar-refractivity contribution < 1.29 is 9.53 Å². The molecule has 18 heavy (non-hydrogen) atoms. The van der Waals surface area contributed by atoms with Gasteiger partial charge in [0.25, 0.3) is 0 Å². The van der Waals surface area contributed by atoms with E-state index in [1.807, 2.05) is 31.2 Å². The summed E-state index contributed by atoms with van der Waals surface area (Å²) in [6.45, 7) is 4.33. The first-order valence-corrected chi connectivity index (χ1v) is 6.44. The Balaban J connectivity index is 1.76. The number of hydrogen-bond donors (Lipinski definition) is 2. The molecule has 2 N–H and O–H groups in total. The minimum Gasteiger partial charge on any atom is -0.381 e. The number of carbonyl (C=O) groups excluding carboxylic acids is 1. The summed E-state index contributed by atoms with van der Waals surface area (Å²) in [6.07, 6.45) is 2.06. The molecule has 0 saturated carbocycles. The highest BCUT2D eigenvalue weighted by molar-refractivity contribution is 5.89. The summed E-state index contributed by atoms with van der Waals surface area (Å²) in [7, 11) is 0. The van der Waals surface area contributed by atoms with Crippen molar-refractivity contribution in [1.29, 1.82) is 0 Å². The molecule has 1 fully saturated rings. The van der Waals surface area contributed by atoms with Crippen LogP contribution in [0.25, 0.3) is 0 Å². The van der Waals surface area contributed by atoms with Gasteiger partial charge in [-0.2, -0.15) is 0 Å². The van der Waals surface area contributed by atoms with E-state index in [0.29, 0.717) is 5.92 Å². The van der Waals surface area contributed by atoms with Crippen LogP contribution in [0, 0.1) is 12.8 Å². The number of benzene rings is 1. The molecule has 1 aliphatic rings. The molecule has 1 aromatic carbocycles. The van der Waals surface area contributed by atoms with E-state index in [9.17, 15) is 4.79 Å². The second-order valence-electron chi connectivity index (χ2n) is 4.71. The van der Waals surface area contributed by atoms with E-state index < -0.39 is 0 Å². The van der Waals surface area contributed by atoms with Crippen molar-refractivity contribution >= 4 is 11.7 Å². The van der Waals surface area contributed by atoms with Crippen LogP contribution in [-0.4, -0.2) is 25.8 Å². The first-order valence-electron chi connectivity index (χ1n) is 6.44. The van der Waals surface area contributed by atoms with Gasteiger partial charge in [0.15, 0.2) is 0 Å². The van der Waals surface area contributed by atoms with E-state index in [1.165, 1.54) is 0 Å². The average molecular weight is 248 g/mol. The maximum atomic E-state index is 11.8. The Kier molecular flexibility index (Phi) is 4.59. The first kappa shape index (κ1) is 12.9. The van der Waals surface area contributed by atoms with Crippen LogP contribution in [-0.2, 0) is 4.74 Å². The fourth-order valence-corrected chi connectivity index (χ4v) is 2.07. The van der Waals surface area contributed by atoms with Crippen LogP contribution in [0.4, 0.5) is 10.5 Å². The maximum Gasteiger partial charge on any atom is 0.319 e. The van der Waals surface area contributed by atoms with Crippen molar-refractivity contribution in [3.05, 3.63) is 29.8 Å². The van der Waals surface area contributed by atoms with E-state index in [-0.39, 0.29) is 6.03 Å². The standard InChI is InChI=1S/C14H20N2O2/c1-11-4-2-3-5-13(11)16-14(17)15-10-12-6-8-18-9-7-12/h2-5,12H,6-10H2,1H3,(H2,15,16,17). The molecule has 0 spiro atoms. The average Bonchev–Trinajstić information content (AvgIpc) is 2.40. The minimum absolute atomic E-state index is 0.129. The number of anilines is 1. The number of hydrogen-bond acceptors (Lipinski definition) is 2. The number of rotatable bonds is 3. The second kappa shape index (κ2) is 6.40. The smallest absolute Gasteiger partial charge is 0.319 e. The summed E-state index contributed by atoms with van der Waals surface area (Å²) >= 11 is 0. The zero-order valence-corrected chi connectivity index (χ0v) is 10.7. The van der Waals surface area contributed by atoms with Crippen molar-refractivity contribution in [2.75, 3.05) is 25.1 Å². The lowest BCUT2D eigenvalue weighted by atomic mass is 10.0. The molecular formula is C14H20N2O2. The Labute approximate surface area is 108 Å². The lowest BCUT2D eigenvalue weighted by Gasteiger charge is -2.22. The summed E-state index contributed by atoms with van der Waals surface area (Å²) in [5, 5.41) is 5.79. The Morgan fingerprint density at radius 3 is 2.78 bits per heavy atom. The largest absolute Gasteiger partial charge is 0.381 e. The number of urea groups is 1. The topological polar surface area (TPSA) is 50.4 Å². The molecule has 0 bridgehead atoms. The number of carbonyl (C=O) groups is 1. The van der Waals surface area contributed by atoms with E-state index in [0.717, 1.165) is 43.9 Å². The van der Waals surface area contributed by atoms with Gasteiger partial charge in [0.05, 0.1) is 0 Å². The van der Waals surface area contributed by atoms with E-state index in [2.05, 4.69) is 10.6 Å². The molecule has 1 saturated heterocycles. The zero-order valence-electron chi connectivity index (χ0n) is 10.7. The van der Waals surface area contributed by atoms with Gasteiger partial charge < -0.3 is 15.4 Å². The second-order valence-corrected chi connectivity index (χ2v) is 4.71. The molecule has 0 aliphatic carbocycles. The van der Waals surface area contributed by atoms with Gasteiger partial charge in [0, 0.05) is 25.4 Å². The number of nitrogens with one attached hydrogen (secondary N) is 2. The van der Waals surface area contributed by atoms with Gasteiger partial charge in [-0.05, 0) is 37.3 Å². The highest BCUT2D eigenvalue weighted by Gasteiger charge is 2.14. The number of para-hydroxylation sites is 1. The van der Waals surface area contributed by atoms with Crippen LogP contribution in [0.3, 0.4) is 0 Å². The SMILES string of the molecule is Cc1ccccc1NC(=O)NCC1CCOCC1. The third kappa shape index (κ3) is 3.74. The van der Waals surface area contributed by atoms with Gasteiger partial charge in [0.1, 0.15) is 0 Å². The molecule has 0 aromatic heterocycles. The van der Waals surface area contributed by atoms with Crippen molar-refractivity contribution in [2.24, 2.45) is 5.92 Å². The van der Waals surface area contributed by atoms with Gasteiger partial charge in [-0.15, -0.1) is 0 Å². The van der Waals surface area contributed by atoms with Gasteiger partial charge in [0.2, 0.25) is 0 Å². The molecular weight excluding hydrogens is 228 g/mol. The van der Waals surface area contributed by atoms with Crippen LogP contribution in [0.2, 0.25) is 0 Å². The molecule has 1 heterocycles. The lowest BCUT2D eigenvalue weighted by molar-refractivity contribution is 0.0671. The third-order valence-corrected chi connectivity index (χ3v) is 3.29. The quantitative estimate of drug-likeness (QED) is 0.863. The molecule has 1 aliphatic heterocycles. The predicted molar refractivity (Wildman–Crippen MR) is 71.7 cm³/mol. The number of amides is 2. The summed E-state index contributed by atoms with van der Waals surface area (Å²) in [6, 6.07) is 7.63. The van der Waals surface area contributed by atoms with Crippen molar-refractivity contribution in [2.45, 2.75) is 19.8 Å². The van der Waals surface area contributed by atoms with Crippen LogP contribution < -0.4 is 10.6 Å². The third-order valence-electron chi connectivity index (χ3n) is 3.29. The summed E-state index contributed by atoms with van der Waals surface area (Å²) in [5.74, 6) is 0.543. The van der Waals surface area contributed by atoms with Gasteiger partial charge in [-0.1, -0.05) is 18.2 Å². The van der Waals surface area contributed by atoms with E-state index >= 15 is 0 Å². The normalized spacial score (nSPS) is 16.3. The molecule has 98 valence electrons. The van der Waals surface area contributed by atoms with Crippen LogP contribution in [0.15, 0.2) is 24.3 Å². The molecule has 4 nitrogen and oxygen atoms in total. The maximum absolute atomic E-state index is 11.8. The molecule has 0 radical (unpaired) electrons. The molecule has 2 amide bonds. The van der Waals surface area contributed by atoms with Crippen LogP contribution in [0.1, 0.15) is 18.4 Å². The summed E-state index contributed by atoms with van der Waals surface area (Å²) in [4.78, 5) is 11.8. The van der Waals surface area contributed by atoms with Crippen molar-refractivity contribution in [1.82, 2.24) is 5.32 Å². The van der Waals surface area contributed by atoms with Crippen molar-refractivity contribution in [3.8, 4) is 0 Å². The number of aryl methyl sites for hydroxylation is 1. The summed E-state index contributed by atoms with van der Waals surface area (Å²) in [5.41, 5.74) is 1.93. The fraction of sp³-hybridized carbons (Fsp3) is 0.500. The Bertz CT molecular complexity index is 401. The first-order chi connectivity index (χ1) is 8.75. The predicted octanol–water partition coefficient (Wildman–Crippen LogP) is 2.54. The molecule has 0 unspecified atom stereocenters. The summed E-state index contributed by atoms with van der Waals surface area (Å²) < 4.78 is 5.29. The molecule has 0 atom stereocenters. The van der Waals surface area contributed by atoms with Crippen LogP contribution >= 0.6 is 0 Å². The molecule has 1 aromatic rings. The van der Waals surface area contributed by atoms with Crippen LogP contribution in [0.5, 0.6) is 0 Å². The fourth-order valence-electron chi connectivity index (χ4n) is 2.07. The number of ether oxygens (including phenoxy) is 1. The Hall–Kier alpha value is -1.55. The zero-order chi connectivity index (χ0) is 12.8. The molecule has 2 rings (SSSR count). The Morgan fingerprint density at radius 2 is 2.06 bits per heavy atom. The van der Waals surface area contributed by atoms with Gasteiger partial charge in [-0.3, -0.25) is 0 Å². The van der Waals surface area contributed by atoms with E-state index in [4.69, 9.17) is 4.74 Å². The highest BCUT2D eigenvalue weighted by atomic mass is 16.5. The van der Waals surface area contributed by atoms with Crippen molar-refractivity contribution in [3.63, 3.8) is 0 Å². The van der Waals surface area contributed by atoms with E-state index in [1.54, 1.807) is 0 Å². The minimum atomic E-state index is -0.129. The monoisotopic (exact) mass is 248 g/mol. The highest BCUT2D eigenvalue weighted by Crippen LogP contribution is 2.14. The van der Waals surface area contributed by atoms with Gasteiger partial charge >= 0.3 is 6.03 Å². The lowest BCUT2D eigenvalue weighted by Crippen LogP contribution is -2.35. The molecule has 4 heteroatoms. The van der Waals surface area contributed by atoms with Gasteiger partial charge in [-0.25, -0.2) is 4.79 Å².